The van der Waals surface area contributed by atoms with E-state index >= 15 is 0 Å². The maximum Gasteiger partial charge on any atom is 0.276 e. The third-order valence-electron chi connectivity index (χ3n) is 5.51. The van der Waals surface area contributed by atoms with E-state index in [-0.39, 0.29) is 17.5 Å². The molecule has 7 nitrogen and oxygen atoms in total. The van der Waals surface area contributed by atoms with Crippen LogP contribution >= 0.6 is 0 Å². The van der Waals surface area contributed by atoms with Crippen LogP contribution in [0.5, 0.6) is 0 Å². The third kappa shape index (κ3) is 4.30. The Balaban J connectivity index is 1.34. The SMILES string of the molecule is O=C(Nc1ccccc1)c1ccc(N2CCN(CC3CCCC3)C(=O)C2)nn1. The molecule has 146 valence electrons. The van der Waals surface area contributed by atoms with Gasteiger partial charge in [0.1, 0.15) is 0 Å². The lowest BCUT2D eigenvalue weighted by molar-refractivity contribution is -0.131. The zero-order chi connectivity index (χ0) is 19.3. The summed E-state index contributed by atoms with van der Waals surface area (Å²) in [6.45, 7) is 2.66. The highest BCUT2D eigenvalue weighted by atomic mass is 16.2. The minimum atomic E-state index is -0.303. The maximum atomic E-state index is 12.5. The van der Waals surface area contributed by atoms with Crippen LogP contribution in [0.2, 0.25) is 0 Å². The normalized spacial score (nSPS) is 17.8. The molecule has 1 N–H and O–H groups in total. The van der Waals surface area contributed by atoms with Gasteiger partial charge in [-0.2, -0.15) is 0 Å². The molecule has 1 saturated carbocycles. The van der Waals surface area contributed by atoms with Crippen molar-refractivity contribution < 1.29 is 9.59 Å². The number of hydrogen-bond acceptors (Lipinski definition) is 5. The second-order valence-electron chi connectivity index (χ2n) is 7.51. The van der Waals surface area contributed by atoms with Crippen molar-refractivity contribution in [2.45, 2.75) is 25.7 Å². The summed E-state index contributed by atoms with van der Waals surface area (Å²) < 4.78 is 0. The molecule has 2 heterocycles. The van der Waals surface area contributed by atoms with Gasteiger partial charge in [-0.05, 0) is 43.0 Å². The molecule has 0 unspecified atom stereocenters. The number of nitrogens with one attached hydrogen (secondary N) is 1. The standard InChI is InChI=1S/C21H25N5O2/c27-20-15-25(12-13-26(20)14-16-6-4-5-7-16)19-11-10-18(23-24-19)21(28)22-17-8-2-1-3-9-17/h1-3,8-11,16H,4-7,12-15H2,(H,22,28). The summed E-state index contributed by atoms with van der Waals surface area (Å²) in [6, 6.07) is 12.6. The molecule has 0 bridgehead atoms. The Morgan fingerprint density at radius 3 is 2.50 bits per heavy atom. The molecule has 28 heavy (non-hydrogen) atoms. The van der Waals surface area contributed by atoms with E-state index in [1.165, 1.54) is 25.7 Å². The fraction of sp³-hybridized carbons (Fsp3) is 0.429. The first-order chi connectivity index (χ1) is 13.7. The first-order valence-corrected chi connectivity index (χ1v) is 9.92. The van der Waals surface area contributed by atoms with Crippen LogP contribution in [0.25, 0.3) is 0 Å². The Morgan fingerprint density at radius 2 is 1.82 bits per heavy atom. The van der Waals surface area contributed by atoms with Crippen molar-refractivity contribution in [2.24, 2.45) is 5.92 Å². The molecule has 0 spiro atoms. The number of piperazine rings is 1. The Hall–Kier alpha value is -2.96. The number of benzene rings is 1. The molecule has 7 heteroatoms. The van der Waals surface area contributed by atoms with Crippen LogP contribution in [0.15, 0.2) is 42.5 Å². The maximum absolute atomic E-state index is 12.5. The van der Waals surface area contributed by atoms with Gasteiger partial charge in [-0.15, -0.1) is 10.2 Å². The Bertz CT molecular complexity index is 818. The lowest BCUT2D eigenvalue weighted by Crippen LogP contribution is -2.51. The lowest BCUT2D eigenvalue weighted by Gasteiger charge is -2.36. The van der Waals surface area contributed by atoms with E-state index in [0.717, 1.165) is 13.1 Å². The van der Waals surface area contributed by atoms with E-state index in [9.17, 15) is 9.59 Å². The average Bonchev–Trinajstić information content (AvgIpc) is 3.23. The van der Waals surface area contributed by atoms with Gasteiger partial charge < -0.3 is 15.1 Å². The molecule has 1 aliphatic heterocycles. The summed E-state index contributed by atoms with van der Waals surface area (Å²) in [5.41, 5.74) is 0.959. The van der Waals surface area contributed by atoms with Crippen LogP contribution in [0.3, 0.4) is 0 Å². The van der Waals surface area contributed by atoms with Gasteiger partial charge in [0, 0.05) is 25.3 Å². The summed E-state index contributed by atoms with van der Waals surface area (Å²) in [5.74, 6) is 1.14. The Kier molecular flexibility index (Phi) is 5.50. The van der Waals surface area contributed by atoms with E-state index in [4.69, 9.17) is 0 Å². The highest BCUT2D eigenvalue weighted by Gasteiger charge is 2.28. The Labute approximate surface area is 164 Å². The number of rotatable bonds is 5. The predicted octanol–water partition coefficient (Wildman–Crippen LogP) is 2.57. The van der Waals surface area contributed by atoms with Crippen molar-refractivity contribution in [3.8, 4) is 0 Å². The summed E-state index contributed by atoms with van der Waals surface area (Å²) >= 11 is 0. The second kappa shape index (κ2) is 8.37. The van der Waals surface area contributed by atoms with Crippen LogP contribution in [0.1, 0.15) is 36.2 Å². The van der Waals surface area contributed by atoms with E-state index < -0.39 is 0 Å². The van der Waals surface area contributed by atoms with Gasteiger partial charge in [0.25, 0.3) is 5.91 Å². The van der Waals surface area contributed by atoms with E-state index in [2.05, 4.69) is 15.5 Å². The second-order valence-corrected chi connectivity index (χ2v) is 7.51. The third-order valence-corrected chi connectivity index (χ3v) is 5.51. The van der Waals surface area contributed by atoms with Crippen LogP contribution in [-0.4, -0.2) is 53.1 Å². The monoisotopic (exact) mass is 379 g/mol. The molecular formula is C21H25N5O2. The molecule has 1 aromatic heterocycles. The topological polar surface area (TPSA) is 78.4 Å². The molecule has 2 aromatic rings. The average molecular weight is 379 g/mol. The highest BCUT2D eigenvalue weighted by Crippen LogP contribution is 2.26. The van der Waals surface area contributed by atoms with Gasteiger partial charge in [-0.25, -0.2) is 0 Å². The number of amides is 2. The minimum absolute atomic E-state index is 0.144. The van der Waals surface area contributed by atoms with Crippen molar-refractivity contribution >= 4 is 23.3 Å². The summed E-state index contributed by atoms with van der Waals surface area (Å²) in [4.78, 5) is 28.7. The van der Waals surface area contributed by atoms with E-state index in [1.54, 1.807) is 12.1 Å². The highest BCUT2D eigenvalue weighted by molar-refractivity contribution is 6.02. The number of anilines is 2. The van der Waals surface area contributed by atoms with Crippen molar-refractivity contribution in [1.29, 1.82) is 0 Å². The zero-order valence-electron chi connectivity index (χ0n) is 15.9. The van der Waals surface area contributed by atoms with Crippen LogP contribution < -0.4 is 10.2 Å². The lowest BCUT2D eigenvalue weighted by atomic mass is 10.1. The number of para-hydroxylation sites is 1. The molecular weight excluding hydrogens is 354 g/mol. The van der Waals surface area contributed by atoms with Gasteiger partial charge in [-0.1, -0.05) is 31.0 Å². The smallest absolute Gasteiger partial charge is 0.276 e. The first-order valence-electron chi connectivity index (χ1n) is 9.92. The Morgan fingerprint density at radius 1 is 1.04 bits per heavy atom. The van der Waals surface area contributed by atoms with Crippen molar-refractivity contribution in [3.05, 3.63) is 48.2 Å². The van der Waals surface area contributed by atoms with Gasteiger partial charge >= 0.3 is 0 Å². The number of carbonyl (C=O) groups excluding carboxylic acids is 2. The predicted molar refractivity (Wildman–Crippen MR) is 107 cm³/mol. The van der Waals surface area contributed by atoms with Crippen molar-refractivity contribution in [2.75, 3.05) is 36.4 Å². The fourth-order valence-electron chi connectivity index (χ4n) is 3.93. The zero-order valence-corrected chi connectivity index (χ0v) is 15.9. The number of carbonyl (C=O) groups is 2. The van der Waals surface area contributed by atoms with Gasteiger partial charge in [0.05, 0.1) is 6.54 Å². The molecule has 1 aliphatic carbocycles. The van der Waals surface area contributed by atoms with Crippen molar-refractivity contribution in [1.82, 2.24) is 15.1 Å². The molecule has 1 saturated heterocycles. The van der Waals surface area contributed by atoms with Crippen molar-refractivity contribution in [3.63, 3.8) is 0 Å². The van der Waals surface area contributed by atoms with E-state index in [0.29, 0.717) is 30.5 Å². The fourth-order valence-corrected chi connectivity index (χ4v) is 3.93. The molecule has 4 rings (SSSR count). The molecule has 0 radical (unpaired) electrons. The summed E-state index contributed by atoms with van der Waals surface area (Å²) in [5, 5.41) is 11.0. The summed E-state index contributed by atoms with van der Waals surface area (Å²) in [6.07, 6.45) is 5.06. The first kappa shape index (κ1) is 18.4. The molecule has 1 aromatic carbocycles. The van der Waals surface area contributed by atoms with Crippen LogP contribution in [-0.2, 0) is 4.79 Å². The van der Waals surface area contributed by atoms with Crippen LogP contribution in [0.4, 0.5) is 11.5 Å². The number of hydrogen-bond donors (Lipinski definition) is 1. The minimum Gasteiger partial charge on any atom is -0.344 e. The molecule has 0 atom stereocenters. The number of nitrogens with zero attached hydrogens (tertiary/aromatic N) is 4. The molecule has 2 fully saturated rings. The molecule has 2 aliphatic rings. The quantitative estimate of drug-likeness (QED) is 0.864. The van der Waals surface area contributed by atoms with E-state index in [1.807, 2.05) is 40.1 Å². The van der Waals surface area contributed by atoms with Gasteiger partial charge in [-0.3, -0.25) is 9.59 Å². The largest absolute Gasteiger partial charge is 0.344 e. The molecule has 2 amide bonds. The van der Waals surface area contributed by atoms with Crippen LogP contribution in [0, 0.1) is 5.92 Å². The van der Waals surface area contributed by atoms with Gasteiger partial charge in [0.15, 0.2) is 11.5 Å². The number of aromatic nitrogens is 2. The van der Waals surface area contributed by atoms with Gasteiger partial charge in [0.2, 0.25) is 5.91 Å². The summed E-state index contributed by atoms with van der Waals surface area (Å²) in [7, 11) is 0.